The minimum absolute atomic E-state index is 0.842. The third-order valence-electron chi connectivity index (χ3n) is 2.31. The maximum atomic E-state index is 5.17. The highest BCUT2D eigenvalue weighted by Crippen LogP contribution is 2.28. The second-order valence-electron chi connectivity index (χ2n) is 3.41. The quantitative estimate of drug-likeness (QED) is 0.895. The molecule has 4 heteroatoms. The predicted molar refractivity (Wildman–Crippen MR) is 65.9 cm³/mol. The molecule has 1 N–H and O–H groups in total. The summed E-state index contributed by atoms with van der Waals surface area (Å²) < 4.78 is 6.12. The Morgan fingerprint density at radius 1 is 1.47 bits per heavy atom. The molecule has 3 nitrogen and oxygen atoms in total. The zero-order chi connectivity index (χ0) is 10.7. The molecule has 0 bridgehead atoms. The summed E-state index contributed by atoms with van der Waals surface area (Å²) in [5.41, 5.74) is 1.04. The number of anilines is 1. The fraction of sp³-hybridized carbons (Fsp3) is 0.364. The first-order valence-electron chi connectivity index (χ1n) is 4.93. The van der Waals surface area contributed by atoms with Crippen molar-refractivity contribution in [3.05, 3.63) is 22.7 Å². The van der Waals surface area contributed by atoms with E-state index < -0.39 is 0 Å². The molecule has 1 aromatic rings. The van der Waals surface area contributed by atoms with Crippen LogP contribution in [0.2, 0.25) is 0 Å². The molecule has 0 fully saturated rings. The molecular formula is C11H13BrN2O. The zero-order valence-electron chi connectivity index (χ0n) is 8.59. The third-order valence-corrected chi connectivity index (χ3v) is 2.93. The molecule has 1 heterocycles. The number of rotatable bonds is 2. The molecule has 0 radical (unpaired) electrons. The smallest absolute Gasteiger partial charge is 0.133 e. The summed E-state index contributed by atoms with van der Waals surface area (Å²) >= 11 is 3.45. The zero-order valence-corrected chi connectivity index (χ0v) is 10.2. The first-order valence-corrected chi connectivity index (χ1v) is 5.73. The van der Waals surface area contributed by atoms with Crippen molar-refractivity contribution in [1.29, 1.82) is 0 Å². The van der Waals surface area contributed by atoms with Crippen LogP contribution in [0.5, 0.6) is 5.75 Å². The number of aliphatic imine (C=N–C) groups is 1. The summed E-state index contributed by atoms with van der Waals surface area (Å²) in [7, 11) is 1.66. The number of benzene rings is 1. The Kier molecular flexibility index (Phi) is 3.26. The average molecular weight is 269 g/mol. The Labute approximate surface area is 97.7 Å². The minimum atomic E-state index is 0.842. The van der Waals surface area contributed by atoms with E-state index in [4.69, 9.17) is 4.74 Å². The number of ether oxygens (including phenoxy) is 1. The number of hydrogen-bond donors (Lipinski definition) is 1. The van der Waals surface area contributed by atoms with E-state index in [1.54, 1.807) is 7.11 Å². The molecule has 0 aliphatic carbocycles. The Morgan fingerprint density at radius 3 is 2.93 bits per heavy atom. The van der Waals surface area contributed by atoms with E-state index in [0.29, 0.717) is 0 Å². The van der Waals surface area contributed by atoms with Gasteiger partial charge in [-0.15, -0.1) is 0 Å². The molecule has 0 aromatic heterocycles. The van der Waals surface area contributed by atoms with Crippen molar-refractivity contribution >= 4 is 27.5 Å². The molecule has 0 atom stereocenters. The van der Waals surface area contributed by atoms with Gasteiger partial charge in [-0.3, -0.25) is 4.99 Å². The Morgan fingerprint density at radius 2 is 2.33 bits per heavy atom. The second kappa shape index (κ2) is 4.66. The van der Waals surface area contributed by atoms with Crippen LogP contribution in [0.3, 0.4) is 0 Å². The van der Waals surface area contributed by atoms with Gasteiger partial charge >= 0.3 is 0 Å². The largest absolute Gasteiger partial charge is 0.496 e. The van der Waals surface area contributed by atoms with Gasteiger partial charge in [-0.1, -0.05) is 0 Å². The topological polar surface area (TPSA) is 33.6 Å². The van der Waals surface area contributed by atoms with Crippen molar-refractivity contribution in [2.75, 3.05) is 19.0 Å². The highest BCUT2D eigenvalue weighted by atomic mass is 79.9. The van der Waals surface area contributed by atoms with Crippen molar-refractivity contribution in [2.45, 2.75) is 12.8 Å². The lowest BCUT2D eigenvalue weighted by Crippen LogP contribution is -2.08. The van der Waals surface area contributed by atoms with Crippen molar-refractivity contribution in [2.24, 2.45) is 4.99 Å². The lowest BCUT2D eigenvalue weighted by molar-refractivity contribution is 0.412. The second-order valence-corrected chi connectivity index (χ2v) is 4.26. The molecule has 0 saturated heterocycles. The number of nitrogens with one attached hydrogen (secondary N) is 1. The Bertz CT molecular complexity index is 390. The number of methoxy groups -OCH3 is 1. The molecule has 0 amide bonds. The summed E-state index contributed by atoms with van der Waals surface area (Å²) in [4.78, 5) is 4.36. The van der Waals surface area contributed by atoms with Gasteiger partial charge in [0.05, 0.1) is 11.6 Å². The van der Waals surface area contributed by atoms with Crippen molar-refractivity contribution in [1.82, 2.24) is 0 Å². The summed E-state index contributed by atoms with van der Waals surface area (Å²) in [6.45, 7) is 0.944. The van der Waals surface area contributed by atoms with Gasteiger partial charge in [-0.2, -0.15) is 0 Å². The molecule has 0 saturated carbocycles. The Hall–Kier alpha value is -1.03. The SMILES string of the molecule is COc1ccc(NC2=NCCC2)cc1Br. The molecule has 15 heavy (non-hydrogen) atoms. The molecule has 0 spiro atoms. The van der Waals surface area contributed by atoms with E-state index in [1.807, 2.05) is 18.2 Å². The van der Waals surface area contributed by atoms with E-state index in [1.165, 1.54) is 0 Å². The van der Waals surface area contributed by atoms with E-state index in [2.05, 4.69) is 26.2 Å². The van der Waals surface area contributed by atoms with Crippen LogP contribution in [-0.2, 0) is 0 Å². The highest BCUT2D eigenvalue weighted by Gasteiger charge is 2.07. The van der Waals surface area contributed by atoms with Crippen LogP contribution in [0.4, 0.5) is 5.69 Å². The van der Waals surface area contributed by atoms with Crippen LogP contribution in [0.15, 0.2) is 27.7 Å². The van der Waals surface area contributed by atoms with Crippen LogP contribution in [-0.4, -0.2) is 19.5 Å². The molecule has 0 unspecified atom stereocenters. The average Bonchev–Trinajstić information content (AvgIpc) is 2.71. The van der Waals surface area contributed by atoms with Crippen molar-refractivity contribution in [3.8, 4) is 5.75 Å². The molecule has 1 aliphatic heterocycles. The summed E-state index contributed by atoms with van der Waals surface area (Å²) in [6.07, 6.45) is 2.20. The number of nitrogens with zero attached hydrogens (tertiary/aromatic N) is 1. The molecular weight excluding hydrogens is 256 g/mol. The third kappa shape index (κ3) is 2.50. The van der Waals surface area contributed by atoms with E-state index in [9.17, 15) is 0 Å². The fourth-order valence-corrected chi connectivity index (χ4v) is 2.09. The predicted octanol–water partition coefficient (Wildman–Crippen LogP) is 3.06. The number of hydrogen-bond acceptors (Lipinski definition) is 3. The maximum Gasteiger partial charge on any atom is 0.133 e. The van der Waals surface area contributed by atoms with Gasteiger partial charge in [-0.05, 0) is 40.5 Å². The summed E-state index contributed by atoms with van der Waals surface area (Å²) in [5.74, 6) is 1.92. The van der Waals surface area contributed by atoms with Gasteiger partial charge in [0.15, 0.2) is 0 Å². The highest BCUT2D eigenvalue weighted by molar-refractivity contribution is 9.10. The lowest BCUT2D eigenvalue weighted by Gasteiger charge is -2.08. The molecule has 1 aliphatic rings. The van der Waals surface area contributed by atoms with Gasteiger partial charge in [0, 0.05) is 18.7 Å². The van der Waals surface area contributed by atoms with Crippen LogP contribution in [0, 0.1) is 0 Å². The van der Waals surface area contributed by atoms with E-state index >= 15 is 0 Å². The summed E-state index contributed by atoms with van der Waals surface area (Å²) in [6, 6.07) is 5.92. The monoisotopic (exact) mass is 268 g/mol. The number of amidine groups is 1. The maximum absolute atomic E-state index is 5.17. The van der Waals surface area contributed by atoms with Crippen LogP contribution < -0.4 is 10.1 Å². The molecule has 1 aromatic carbocycles. The number of halogens is 1. The van der Waals surface area contributed by atoms with Gasteiger partial charge in [0.1, 0.15) is 11.6 Å². The lowest BCUT2D eigenvalue weighted by atomic mass is 10.3. The van der Waals surface area contributed by atoms with E-state index in [-0.39, 0.29) is 0 Å². The molecule has 2 rings (SSSR count). The first kappa shape index (κ1) is 10.5. The van der Waals surface area contributed by atoms with Gasteiger partial charge in [0.2, 0.25) is 0 Å². The first-order chi connectivity index (χ1) is 7.29. The van der Waals surface area contributed by atoms with Crippen molar-refractivity contribution in [3.63, 3.8) is 0 Å². The van der Waals surface area contributed by atoms with Crippen LogP contribution in [0.25, 0.3) is 0 Å². The normalized spacial score (nSPS) is 14.9. The van der Waals surface area contributed by atoms with Gasteiger partial charge < -0.3 is 10.1 Å². The van der Waals surface area contributed by atoms with Crippen molar-refractivity contribution < 1.29 is 4.74 Å². The standard InChI is InChI=1S/C11H13BrN2O/c1-15-10-5-4-8(7-9(10)12)14-11-3-2-6-13-11/h4-5,7H,2-3,6H2,1H3,(H,13,14). The van der Waals surface area contributed by atoms with Crippen LogP contribution >= 0.6 is 15.9 Å². The molecule has 80 valence electrons. The fourth-order valence-electron chi connectivity index (χ4n) is 1.55. The Balaban J connectivity index is 2.12. The summed E-state index contributed by atoms with van der Waals surface area (Å²) in [5, 5.41) is 3.30. The minimum Gasteiger partial charge on any atom is -0.496 e. The van der Waals surface area contributed by atoms with Gasteiger partial charge in [0.25, 0.3) is 0 Å². The van der Waals surface area contributed by atoms with Gasteiger partial charge in [-0.25, -0.2) is 0 Å². The van der Waals surface area contributed by atoms with Crippen LogP contribution in [0.1, 0.15) is 12.8 Å². The van der Waals surface area contributed by atoms with E-state index in [0.717, 1.165) is 41.1 Å².